The van der Waals surface area contributed by atoms with E-state index in [-0.39, 0.29) is 43.0 Å². The van der Waals surface area contributed by atoms with E-state index in [0.29, 0.717) is 25.3 Å². The van der Waals surface area contributed by atoms with Crippen LogP contribution in [0.3, 0.4) is 0 Å². The zero-order valence-corrected chi connectivity index (χ0v) is 19.9. The minimum Gasteiger partial charge on any atom is -0.497 e. The predicted octanol–water partition coefficient (Wildman–Crippen LogP) is 3.13. The van der Waals surface area contributed by atoms with E-state index in [1.807, 2.05) is 42.5 Å². The molecule has 2 aromatic carbocycles. The van der Waals surface area contributed by atoms with E-state index in [1.165, 1.54) is 0 Å². The Balaban J connectivity index is 1.21. The monoisotopic (exact) mass is 480 g/mol. The Bertz CT molecular complexity index is 1070. The molecule has 0 aromatic heterocycles. The van der Waals surface area contributed by atoms with E-state index in [2.05, 4.69) is 10.6 Å². The summed E-state index contributed by atoms with van der Waals surface area (Å²) in [5, 5.41) is 15.9. The van der Waals surface area contributed by atoms with E-state index in [0.717, 1.165) is 41.2 Å². The van der Waals surface area contributed by atoms with E-state index < -0.39 is 6.10 Å². The number of hydrogen-bond donors (Lipinski definition) is 3. The summed E-state index contributed by atoms with van der Waals surface area (Å²) in [7, 11) is 1.62. The molecule has 0 spiro atoms. The van der Waals surface area contributed by atoms with Crippen LogP contribution in [0.2, 0.25) is 0 Å². The SMILES string of the molecule is COc1ccc(CNC(=O)C[C@H]2C[C@@H]3c4cc(NC(=O)CC5CC5)ccc4O[C@@H]3[C@H](CO)O2)cc1. The first-order chi connectivity index (χ1) is 17.0. The Labute approximate surface area is 205 Å². The molecule has 3 aliphatic rings. The van der Waals surface area contributed by atoms with Crippen molar-refractivity contribution in [2.24, 2.45) is 5.92 Å². The van der Waals surface area contributed by atoms with Gasteiger partial charge in [-0.2, -0.15) is 0 Å². The highest BCUT2D eigenvalue weighted by Crippen LogP contribution is 2.47. The summed E-state index contributed by atoms with van der Waals surface area (Å²) in [6.45, 7) is 0.227. The lowest BCUT2D eigenvalue weighted by Gasteiger charge is -2.37. The Morgan fingerprint density at radius 1 is 1.09 bits per heavy atom. The maximum atomic E-state index is 12.7. The summed E-state index contributed by atoms with van der Waals surface area (Å²) >= 11 is 0. The molecule has 8 heteroatoms. The van der Waals surface area contributed by atoms with Gasteiger partial charge in [0.15, 0.2) is 0 Å². The van der Waals surface area contributed by atoms with Crippen LogP contribution >= 0.6 is 0 Å². The van der Waals surface area contributed by atoms with Crippen LogP contribution in [0.25, 0.3) is 0 Å². The largest absolute Gasteiger partial charge is 0.497 e. The molecule has 8 nitrogen and oxygen atoms in total. The zero-order chi connectivity index (χ0) is 24.4. The Morgan fingerprint density at radius 3 is 2.60 bits per heavy atom. The maximum absolute atomic E-state index is 12.7. The molecule has 2 aromatic rings. The molecule has 0 radical (unpaired) electrons. The first-order valence-electron chi connectivity index (χ1n) is 12.3. The fourth-order valence-electron chi connectivity index (χ4n) is 4.99. The first kappa shape index (κ1) is 23.6. The van der Waals surface area contributed by atoms with Crippen LogP contribution in [0.4, 0.5) is 5.69 Å². The molecular formula is C27H32N2O6. The van der Waals surface area contributed by atoms with Crippen LogP contribution in [0.1, 0.15) is 49.1 Å². The summed E-state index contributed by atoms with van der Waals surface area (Å²) in [6.07, 6.45) is 2.45. The molecule has 0 unspecified atom stereocenters. The zero-order valence-electron chi connectivity index (χ0n) is 19.9. The molecule has 5 rings (SSSR count). The van der Waals surface area contributed by atoms with E-state index in [1.54, 1.807) is 7.11 Å². The van der Waals surface area contributed by atoms with Crippen molar-refractivity contribution in [1.29, 1.82) is 0 Å². The highest BCUT2D eigenvalue weighted by atomic mass is 16.6. The molecule has 2 amide bonds. The normalized spacial score (nSPS) is 24.6. The predicted molar refractivity (Wildman–Crippen MR) is 129 cm³/mol. The molecular weight excluding hydrogens is 448 g/mol. The van der Waals surface area contributed by atoms with Gasteiger partial charge in [-0.1, -0.05) is 12.1 Å². The number of aliphatic hydroxyl groups excluding tert-OH is 1. The second-order valence-electron chi connectivity index (χ2n) is 9.68. The number of anilines is 1. The molecule has 2 heterocycles. The standard InChI is InChI=1S/C27H32N2O6/c1-33-19-7-4-17(5-8-19)14-28-25(31)13-20-12-22-21-11-18(29-26(32)10-16-2-3-16)6-9-23(21)35-27(22)24(15-30)34-20/h4-9,11,16,20,22,24,27,30H,2-3,10,12-15H2,1H3,(H,28,31)(H,29,32)/t20-,22-,24+,27+/m1/s1. The Morgan fingerprint density at radius 2 is 1.89 bits per heavy atom. The van der Waals surface area contributed by atoms with Gasteiger partial charge in [0.05, 0.1) is 26.2 Å². The topological polar surface area (TPSA) is 106 Å². The van der Waals surface area contributed by atoms with Crippen LogP contribution in [-0.4, -0.2) is 48.9 Å². The van der Waals surface area contributed by atoms with Gasteiger partial charge in [0.25, 0.3) is 0 Å². The number of hydrogen-bond acceptors (Lipinski definition) is 6. The number of benzene rings is 2. The van der Waals surface area contributed by atoms with Crippen molar-refractivity contribution in [3.63, 3.8) is 0 Å². The third kappa shape index (κ3) is 5.60. The van der Waals surface area contributed by atoms with Gasteiger partial charge in [0.2, 0.25) is 11.8 Å². The Kier molecular flexibility index (Phi) is 6.92. The van der Waals surface area contributed by atoms with E-state index in [9.17, 15) is 14.7 Å². The van der Waals surface area contributed by atoms with Gasteiger partial charge < -0.3 is 30.0 Å². The molecule has 1 aliphatic carbocycles. The fraction of sp³-hybridized carbons (Fsp3) is 0.481. The van der Waals surface area contributed by atoms with Crippen molar-refractivity contribution < 1.29 is 28.9 Å². The number of nitrogens with one attached hydrogen (secondary N) is 2. The number of rotatable bonds is 9. The van der Waals surface area contributed by atoms with Gasteiger partial charge in [-0.15, -0.1) is 0 Å². The maximum Gasteiger partial charge on any atom is 0.224 e. The van der Waals surface area contributed by atoms with Gasteiger partial charge in [-0.3, -0.25) is 9.59 Å². The van der Waals surface area contributed by atoms with Crippen molar-refractivity contribution in [3.8, 4) is 11.5 Å². The second kappa shape index (κ2) is 10.3. The molecule has 2 fully saturated rings. The molecule has 1 saturated carbocycles. The molecule has 3 N–H and O–H groups in total. The highest BCUT2D eigenvalue weighted by Gasteiger charge is 2.46. The summed E-state index contributed by atoms with van der Waals surface area (Å²) in [5.41, 5.74) is 2.72. The average Bonchev–Trinajstić information content (AvgIpc) is 3.60. The average molecular weight is 481 g/mol. The van der Waals surface area contributed by atoms with Crippen LogP contribution in [0, 0.1) is 5.92 Å². The first-order valence-corrected chi connectivity index (χ1v) is 12.3. The summed E-state index contributed by atoms with van der Waals surface area (Å²) in [5.74, 6) is 1.94. The third-order valence-electron chi connectivity index (χ3n) is 7.02. The number of amides is 2. The van der Waals surface area contributed by atoms with Crippen molar-refractivity contribution >= 4 is 17.5 Å². The number of carbonyl (C=O) groups excluding carboxylic acids is 2. The third-order valence-corrected chi connectivity index (χ3v) is 7.02. The second-order valence-corrected chi connectivity index (χ2v) is 9.68. The Hall–Kier alpha value is -3.10. The van der Waals surface area contributed by atoms with E-state index in [4.69, 9.17) is 14.2 Å². The minimum atomic E-state index is -0.520. The molecule has 186 valence electrons. The van der Waals surface area contributed by atoms with Gasteiger partial charge in [0.1, 0.15) is 23.7 Å². The molecule has 0 bridgehead atoms. The molecule has 1 saturated heterocycles. The van der Waals surface area contributed by atoms with Crippen LogP contribution in [-0.2, 0) is 20.9 Å². The lowest BCUT2D eigenvalue weighted by molar-refractivity contribution is -0.142. The number of aliphatic hydroxyl groups is 1. The van der Waals surface area contributed by atoms with Gasteiger partial charge in [-0.05, 0) is 61.1 Å². The fourth-order valence-corrected chi connectivity index (χ4v) is 4.99. The lowest BCUT2D eigenvalue weighted by Crippen LogP contribution is -2.47. The van der Waals surface area contributed by atoms with E-state index >= 15 is 0 Å². The van der Waals surface area contributed by atoms with Crippen LogP contribution in [0.5, 0.6) is 11.5 Å². The van der Waals surface area contributed by atoms with Crippen LogP contribution in [0.15, 0.2) is 42.5 Å². The van der Waals surface area contributed by atoms with Crippen LogP contribution < -0.4 is 20.1 Å². The highest BCUT2D eigenvalue weighted by molar-refractivity contribution is 5.91. The van der Waals surface area contributed by atoms with Gasteiger partial charge >= 0.3 is 0 Å². The van der Waals surface area contributed by atoms with Crippen molar-refractivity contribution in [1.82, 2.24) is 5.32 Å². The van der Waals surface area contributed by atoms with Gasteiger partial charge in [-0.25, -0.2) is 0 Å². The summed E-state index contributed by atoms with van der Waals surface area (Å²) in [6, 6.07) is 13.2. The minimum absolute atomic E-state index is 0.0180. The number of fused-ring (bicyclic) bond motifs is 3. The molecule has 2 aliphatic heterocycles. The van der Waals surface area contributed by atoms with Crippen molar-refractivity contribution in [2.45, 2.75) is 62.9 Å². The lowest BCUT2D eigenvalue weighted by atomic mass is 9.84. The number of methoxy groups -OCH3 is 1. The quantitative estimate of drug-likeness (QED) is 0.509. The summed E-state index contributed by atoms with van der Waals surface area (Å²) in [4.78, 5) is 24.9. The summed E-state index contributed by atoms with van der Waals surface area (Å²) < 4.78 is 17.3. The van der Waals surface area contributed by atoms with Gasteiger partial charge in [0, 0.05) is 30.1 Å². The van der Waals surface area contributed by atoms with Crippen molar-refractivity contribution in [3.05, 3.63) is 53.6 Å². The van der Waals surface area contributed by atoms with Crippen molar-refractivity contribution in [2.75, 3.05) is 19.0 Å². The number of ether oxygens (including phenoxy) is 3. The molecule has 35 heavy (non-hydrogen) atoms. The molecule has 4 atom stereocenters. The number of carbonyl (C=O) groups is 2. The smallest absolute Gasteiger partial charge is 0.224 e.